The molecule has 0 aliphatic heterocycles. The van der Waals surface area contributed by atoms with Crippen LogP contribution in [0.1, 0.15) is 22.9 Å². The van der Waals surface area contributed by atoms with Gasteiger partial charge in [-0.25, -0.2) is 14.4 Å². The van der Waals surface area contributed by atoms with Gasteiger partial charge >= 0.3 is 0 Å². The third-order valence-corrected chi connectivity index (χ3v) is 7.27. The Morgan fingerprint density at radius 2 is 1.92 bits per heavy atom. The van der Waals surface area contributed by atoms with Crippen molar-refractivity contribution in [3.63, 3.8) is 0 Å². The van der Waals surface area contributed by atoms with Gasteiger partial charge in [0.1, 0.15) is 41.8 Å². The van der Waals surface area contributed by atoms with E-state index in [1.807, 2.05) is 61.6 Å². The number of fused-ring (bicyclic) bond motifs is 1. The van der Waals surface area contributed by atoms with Crippen LogP contribution in [0.5, 0.6) is 5.75 Å². The van der Waals surface area contributed by atoms with Crippen molar-refractivity contribution in [2.24, 2.45) is 0 Å². The average Bonchev–Trinajstić information content (AvgIpc) is 3.44. The predicted octanol–water partition coefficient (Wildman–Crippen LogP) is 7.50. The maximum atomic E-state index is 13.4. The molecule has 0 amide bonds. The Balaban J connectivity index is 1.30. The molecule has 2 heterocycles. The fourth-order valence-corrected chi connectivity index (χ4v) is 5.19. The molecule has 2 N–H and O–H groups in total. The Bertz CT molecular complexity index is 1580. The van der Waals surface area contributed by atoms with Crippen molar-refractivity contribution in [3.05, 3.63) is 107 Å². The van der Waals surface area contributed by atoms with Gasteiger partial charge in [0.15, 0.2) is 0 Å². The number of thioether (sulfide) groups is 1. The summed E-state index contributed by atoms with van der Waals surface area (Å²) in [6.45, 7) is 0.734. The molecule has 0 fully saturated rings. The van der Waals surface area contributed by atoms with Crippen molar-refractivity contribution in [3.8, 4) is 17.1 Å². The maximum Gasteiger partial charge on any atom is 0.138 e. The maximum absolute atomic E-state index is 13.4. The molecule has 0 aliphatic rings. The summed E-state index contributed by atoms with van der Waals surface area (Å²) in [4.78, 5) is 8.91. The minimum Gasteiger partial charge on any atom is -0.487 e. The van der Waals surface area contributed by atoms with E-state index >= 15 is 0 Å². The molecular formula is C30H28ClFN4O2S. The van der Waals surface area contributed by atoms with Crippen LogP contribution in [0.4, 0.5) is 10.2 Å². The first-order valence-electron chi connectivity index (χ1n) is 12.4. The number of benzene rings is 3. The lowest BCUT2D eigenvalue weighted by Crippen LogP contribution is -2.17. The number of nitrogens with zero attached hydrogens (tertiary/aromatic N) is 2. The molecule has 3 aromatic carbocycles. The van der Waals surface area contributed by atoms with E-state index < -0.39 is 0 Å². The predicted molar refractivity (Wildman–Crippen MR) is 157 cm³/mol. The summed E-state index contributed by atoms with van der Waals surface area (Å²) in [5.41, 5.74) is 3.48. The highest BCUT2D eigenvalue weighted by Gasteiger charge is 2.15. The molecule has 200 valence electrons. The molecule has 0 spiro atoms. The van der Waals surface area contributed by atoms with E-state index in [0.29, 0.717) is 23.1 Å². The molecule has 5 rings (SSSR count). The van der Waals surface area contributed by atoms with Crippen molar-refractivity contribution < 1.29 is 13.5 Å². The number of ether oxygens (including phenoxy) is 1. The Hall–Kier alpha value is -3.59. The lowest BCUT2D eigenvalue weighted by Gasteiger charge is -2.12. The number of hydrogen-bond acceptors (Lipinski definition) is 7. The van der Waals surface area contributed by atoms with E-state index in [2.05, 4.69) is 26.9 Å². The Morgan fingerprint density at radius 3 is 2.72 bits per heavy atom. The number of rotatable bonds is 11. The van der Waals surface area contributed by atoms with Crippen LogP contribution in [0.15, 0.2) is 83.5 Å². The van der Waals surface area contributed by atoms with E-state index in [1.165, 1.54) is 12.1 Å². The van der Waals surface area contributed by atoms with Crippen LogP contribution in [0.25, 0.3) is 22.2 Å². The minimum atomic E-state index is -0.296. The molecule has 0 radical (unpaired) electrons. The normalized spacial score (nSPS) is 12.0. The molecule has 5 aromatic rings. The van der Waals surface area contributed by atoms with Gasteiger partial charge in [-0.05, 0) is 79.0 Å². The summed E-state index contributed by atoms with van der Waals surface area (Å²) >= 11 is 8.25. The standard InChI is InChI=1S/C30H28ClFN4O2S/c1-33-26(17-39-2)29-11-10-27(38-29)21-7-8-25-23(14-21)30(36-18-35-25)34-15-19-6-9-28(24(31)13-19)37-16-20-4-3-5-22(32)12-20/h3-14,18,26,33H,15-17H2,1-2H3,(H,34,35,36). The molecule has 2 aromatic heterocycles. The van der Waals surface area contributed by atoms with Crippen molar-refractivity contribution in [2.75, 3.05) is 24.4 Å². The second kappa shape index (κ2) is 12.5. The fourth-order valence-electron chi connectivity index (χ4n) is 4.27. The van der Waals surface area contributed by atoms with Gasteiger partial charge in [0, 0.05) is 23.2 Å². The van der Waals surface area contributed by atoms with Crippen LogP contribution < -0.4 is 15.4 Å². The van der Waals surface area contributed by atoms with Gasteiger partial charge in [0.2, 0.25) is 0 Å². The van der Waals surface area contributed by atoms with Gasteiger partial charge in [0.25, 0.3) is 0 Å². The molecule has 1 atom stereocenters. The molecule has 0 saturated heterocycles. The molecule has 0 bridgehead atoms. The first-order chi connectivity index (χ1) is 19.0. The van der Waals surface area contributed by atoms with Crippen molar-refractivity contribution in [2.45, 2.75) is 19.2 Å². The SMILES string of the molecule is CNC(CSC)c1ccc(-c2ccc3ncnc(NCc4ccc(OCc5cccc(F)c5)c(Cl)c4)c3c2)o1. The number of aromatic nitrogens is 2. The second-order valence-corrected chi connectivity index (χ2v) is 10.3. The van der Waals surface area contributed by atoms with Crippen LogP contribution in [-0.2, 0) is 13.2 Å². The number of furan rings is 1. The van der Waals surface area contributed by atoms with Crippen LogP contribution >= 0.6 is 23.4 Å². The van der Waals surface area contributed by atoms with E-state index in [1.54, 1.807) is 24.2 Å². The smallest absolute Gasteiger partial charge is 0.138 e. The average molecular weight is 563 g/mol. The first kappa shape index (κ1) is 27.0. The summed E-state index contributed by atoms with van der Waals surface area (Å²) in [5.74, 6) is 3.58. The van der Waals surface area contributed by atoms with Crippen molar-refractivity contribution in [1.29, 1.82) is 0 Å². The van der Waals surface area contributed by atoms with Crippen molar-refractivity contribution in [1.82, 2.24) is 15.3 Å². The lowest BCUT2D eigenvalue weighted by atomic mass is 10.1. The number of anilines is 1. The van der Waals surface area contributed by atoms with E-state index in [9.17, 15) is 4.39 Å². The number of halogens is 2. The first-order valence-corrected chi connectivity index (χ1v) is 14.2. The molecule has 0 saturated carbocycles. The Labute approximate surface area is 236 Å². The second-order valence-electron chi connectivity index (χ2n) is 8.99. The molecule has 0 aliphatic carbocycles. The van der Waals surface area contributed by atoms with Crippen molar-refractivity contribution >= 4 is 40.1 Å². The zero-order chi connectivity index (χ0) is 27.2. The van der Waals surface area contributed by atoms with Crippen LogP contribution in [0.2, 0.25) is 5.02 Å². The summed E-state index contributed by atoms with van der Waals surface area (Å²) in [6.07, 6.45) is 3.63. The highest BCUT2D eigenvalue weighted by molar-refractivity contribution is 7.98. The third-order valence-electron chi connectivity index (χ3n) is 6.31. The quantitative estimate of drug-likeness (QED) is 0.173. The zero-order valence-corrected chi connectivity index (χ0v) is 23.2. The molecule has 9 heteroatoms. The largest absolute Gasteiger partial charge is 0.487 e. The molecule has 39 heavy (non-hydrogen) atoms. The summed E-state index contributed by atoms with van der Waals surface area (Å²) in [5, 5.41) is 8.08. The third kappa shape index (κ3) is 6.53. The van der Waals surface area contributed by atoms with Gasteiger partial charge in [-0.15, -0.1) is 0 Å². The fraction of sp³-hybridized carbons (Fsp3) is 0.200. The Morgan fingerprint density at radius 1 is 1.03 bits per heavy atom. The van der Waals surface area contributed by atoms with Gasteiger partial charge in [-0.3, -0.25) is 0 Å². The van der Waals surface area contributed by atoms with Gasteiger partial charge in [-0.1, -0.05) is 29.8 Å². The van der Waals surface area contributed by atoms with E-state index in [-0.39, 0.29) is 18.5 Å². The summed E-state index contributed by atoms with van der Waals surface area (Å²) in [6, 6.07) is 22.1. The molecule has 6 nitrogen and oxygen atoms in total. The van der Waals surface area contributed by atoms with E-state index in [0.717, 1.165) is 44.9 Å². The number of nitrogens with one attached hydrogen (secondary N) is 2. The van der Waals surface area contributed by atoms with Gasteiger partial charge in [-0.2, -0.15) is 11.8 Å². The summed E-state index contributed by atoms with van der Waals surface area (Å²) in [7, 11) is 1.94. The summed E-state index contributed by atoms with van der Waals surface area (Å²) < 4.78 is 25.4. The van der Waals surface area contributed by atoms with Crippen LogP contribution in [-0.4, -0.2) is 29.0 Å². The van der Waals surface area contributed by atoms with Gasteiger partial charge in [0.05, 0.1) is 16.6 Å². The molecular weight excluding hydrogens is 535 g/mol. The molecule has 1 unspecified atom stereocenters. The van der Waals surface area contributed by atoms with Crippen LogP contribution in [0.3, 0.4) is 0 Å². The van der Waals surface area contributed by atoms with Gasteiger partial charge < -0.3 is 19.8 Å². The monoisotopic (exact) mass is 562 g/mol. The number of hydrogen-bond donors (Lipinski definition) is 2. The van der Waals surface area contributed by atoms with E-state index in [4.69, 9.17) is 20.8 Å². The zero-order valence-electron chi connectivity index (χ0n) is 21.6. The lowest BCUT2D eigenvalue weighted by molar-refractivity contribution is 0.305. The highest BCUT2D eigenvalue weighted by Crippen LogP contribution is 2.31. The van der Waals surface area contributed by atoms with Crippen LogP contribution in [0, 0.1) is 5.82 Å². The Kier molecular flexibility index (Phi) is 8.66. The minimum absolute atomic E-state index is 0.153. The highest BCUT2D eigenvalue weighted by atomic mass is 35.5. The topological polar surface area (TPSA) is 72.2 Å².